The van der Waals surface area contributed by atoms with Crippen LogP contribution >= 0.6 is 0 Å². The summed E-state index contributed by atoms with van der Waals surface area (Å²) in [7, 11) is 0. The number of nitrogens with two attached hydrogens (primary N) is 1. The van der Waals surface area contributed by atoms with Gasteiger partial charge >= 0.3 is 0 Å². The van der Waals surface area contributed by atoms with Gasteiger partial charge in [0.1, 0.15) is 0 Å². The quantitative estimate of drug-likeness (QED) is 0.758. The van der Waals surface area contributed by atoms with E-state index in [4.69, 9.17) is 5.73 Å². The fourth-order valence-electron chi connectivity index (χ4n) is 1.69. The number of aromatic nitrogens is 2. The lowest BCUT2D eigenvalue weighted by atomic mass is 10.3. The summed E-state index contributed by atoms with van der Waals surface area (Å²) in [5, 5.41) is 2.92. The summed E-state index contributed by atoms with van der Waals surface area (Å²) in [4.78, 5) is 15.5. The highest BCUT2D eigenvalue weighted by Crippen LogP contribution is 2.28. The molecule has 0 aliphatic heterocycles. The molecular formula is C11H18N4O. The Bertz CT molecular complexity index is 368. The van der Waals surface area contributed by atoms with Gasteiger partial charge in [-0.05, 0) is 19.8 Å². The van der Waals surface area contributed by atoms with E-state index in [1.807, 2.05) is 11.5 Å². The summed E-state index contributed by atoms with van der Waals surface area (Å²) >= 11 is 0. The number of imidazole rings is 1. The zero-order valence-corrected chi connectivity index (χ0v) is 9.52. The second-order valence-corrected chi connectivity index (χ2v) is 4.37. The Morgan fingerprint density at radius 2 is 2.50 bits per heavy atom. The van der Waals surface area contributed by atoms with Crippen molar-refractivity contribution in [2.24, 2.45) is 11.7 Å². The average molecular weight is 222 g/mol. The molecule has 1 aliphatic rings. The summed E-state index contributed by atoms with van der Waals surface area (Å²) in [6, 6.07) is -0.0263. The van der Waals surface area contributed by atoms with Gasteiger partial charge in [0, 0.05) is 31.2 Å². The van der Waals surface area contributed by atoms with Crippen molar-refractivity contribution in [3.8, 4) is 0 Å². The molecule has 5 heteroatoms. The molecule has 0 bridgehead atoms. The zero-order valence-electron chi connectivity index (χ0n) is 9.52. The maximum Gasteiger partial charge on any atom is 0.223 e. The smallest absolute Gasteiger partial charge is 0.223 e. The molecule has 5 nitrogen and oxygen atoms in total. The molecule has 1 amide bonds. The molecule has 2 rings (SSSR count). The number of carbonyl (C=O) groups excluding carboxylic acids is 1. The number of amides is 1. The van der Waals surface area contributed by atoms with Gasteiger partial charge in [-0.1, -0.05) is 0 Å². The molecule has 1 fully saturated rings. The monoisotopic (exact) mass is 222 g/mol. The Morgan fingerprint density at radius 1 is 1.75 bits per heavy atom. The Balaban J connectivity index is 1.80. The molecule has 0 aromatic carbocycles. The zero-order chi connectivity index (χ0) is 11.5. The lowest BCUT2D eigenvalue weighted by Crippen LogP contribution is -2.29. The molecule has 1 heterocycles. The molecule has 0 saturated heterocycles. The molecule has 0 spiro atoms. The van der Waals surface area contributed by atoms with Crippen LogP contribution in [0.25, 0.3) is 0 Å². The first-order valence-corrected chi connectivity index (χ1v) is 5.72. The topological polar surface area (TPSA) is 72.9 Å². The minimum atomic E-state index is -0.0263. The van der Waals surface area contributed by atoms with Crippen molar-refractivity contribution in [1.29, 1.82) is 0 Å². The number of carbonyl (C=O) groups is 1. The molecule has 1 saturated carbocycles. The normalized spacial score (nSPS) is 17.1. The molecule has 16 heavy (non-hydrogen) atoms. The summed E-state index contributed by atoms with van der Waals surface area (Å²) in [5.41, 5.74) is 6.80. The maximum absolute atomic E-state index is 11.4. The number of rotatable bonds is 5. The van der Waals surface area contributed by atoms with Crippen LogP contribution in [0.1, 0.15) is 31.5 Å². The summed E-state index contributed by atoms with van der Waals surface area (Å²) in [6.45, 7) is 3.30. The number of nitrogens with one attached hydrogen (secondary N) is 1. The van der Waals surface area contributed by atoms with Crippen molar-refractivity contribution in [3.05, 3.63) is 18.2 Å². The molecule has 1 aromatic heterocycles. The molecule has 3 N–H and O–H groups in total. The van der Waals surface area contributed by atoms with E-state index >= 15 is 0 Å². The summed E-state index contributed by atoms with van der Waals surface area (Å²) in [6.07, 6.45) is 5.61. The van der Waals surface area contributed by atoms with E-state index < -0.39 is 0 Å². The first kappa shape index (κ1) is 11.1. The van der Waals surface area contributed by atoms with E-state index in [-0.39, 0.29) is 17.9 Å². The molecule has 1 atom stereocenters. The largest absolute Gasteiger partial charge is 0.354 e. The SMILES string of the molecule is C[C@@H](N)c1cncn1CCNC(=O)C1CC1. The van der Waals surface area contributed by atoms with E-state index in [0.29, 0.717) is 6.54 Å². The van der Waals surface area contributed by atoms with Gasteiger partial charge < -0.3 is 15.6 Å². The van der Waals surface area contributed by atoms with Crippen LogP contribution in [0.3, 0.4) is 0 Å². The van der Waals surface area contributed by atoms with Crippen LogP contribution in [0, 0.1) is 5.92 Å². The van der Waals surface area contributed by atoms with Gasteiger partial charge in [0.25, 0.3) is 0 Å². The van der Waals surface area contributed by atoms with Crippen LogP contribution in [0.15, 0.2) is 12.5 Å². The summed E-state index contributed by atoms with van der Waals surface area (Å²) in [5.74, 6) is 0.457. The van der Waals surface area contributed by atoms with Crippen LogP contribution in [-0.2, 0) is 11.3 Å². The first-order valence-electron chi connectivity index (χ1n) is 5.72. The molecular weight excluding hydrogens is 204 g/mol. The maximum atomic E-state index is 11.4. The predicted octanol–water partition coefficient (Wildman–Crippen LogP) is 0.429. The fraction of sp³-hybridized carbons (Fsp3) is 0.636. The molecule has 88 valence electrons. The lowest BCUT2D eigenvalue weighted by Gasteiger charge is -2.11. The second kappa shape index (κ2) is 4.65. The van der Waals surface area contributed by atoms with Crippen molar-refractivity contribution in [2.45, 2.75) is 32.4 Å². The van der Waals surface area contributed by atoms with Gasteiger partial charge in [-0.25, -0.2) is 4.98 Å². The highest BCUT2D eigenvalue weighted by Gasteiger charge is 2.29. The first-order chi connectivity index (χ1) is 7.68. The fourth-order valence-corrected chi connectivity index (χ4v) is 1.69. The minimum Gasteiger partial charge on any atom is -0.354 e. The van der Waals surface area contributed by atoms with E-state index in [0.717, 1.165) is 25.1 Å². The third-order valence-corrected chi connectivity index (χ3v) is 2.81. The van der Waals surface area contributed by atoms with E-state index in [1.165, 1.54) is 0 Å². The molecule has 1 aromatic rings. The van der Waals surface area contributed by atoms with Crippen LogP contribution in [0.2, 0.25) is 0 Å². The van der Waals surface area contributed by atoms with Crippen molar-refractivity contribution in [1.82, 2.24) is 14.9 Å². The van der Waals surface area contributed by atoms with Crippen LogP contribution in [-0.4, -0.2) is 22.0 Å². The van der Waals surface area contributed by atoms with Gasteiger partial charge in [0.05, 0.1) is 12.0 Å². The van der Waals surface area contributed by atoms with Crippen molar-refractivity contribution >= 4 is 5.91 Å². The van der Waals surface area contributed by atoms with Crippen molar-refractivity contribution < 1.29 is 4.79 Å². The number of hydrogen-bond donors (Lipinski definition) is 2. The van der Waals surface area contributed by atoms with E-state index in [9.17, 15) is 4.79 Å². The Labute approximate surface area is 95.0 Å². The average Bonchev–Trinajstić information content (AvgIpc) is 2.98. The molecule has 0 radical (unpaired) electrons. The van der Waals surface area contributed by atoms with E-state index in [2.05, 4.69) is 10.3 Å². The second-order valence-electron chi connectivity index (χ2n) is 4.37. The standard InChI is InChI=1S/C11H18N4O/c1-8(12)10-6-13-7-15(10)5-4-14-11(16)9-2-3-9/h6-9H,2-5,12H2,1H3,(H,14,16)/t8-/m1/s1. The van der Waals surface area contributed by atoms with Crippen LogP contribution in [0.4, 0.5) is 0 Å². The van der Waals surface area contributed by atoms with Gasteiger partial charge in [-0.15, -0.1) is 0 Å². The van der Waals surface area contributed by atoms with Gasteiger partial charge in [-0.2, -0.15) is 0 Å². The van der Waals surface area contributed by atoms with Gasteiger partial charge in [0.15, 0.2) is 0 Å². The van der Waals surface area contributed by atoms with Gasteiger partial charge in [-0.3, -0.25) is 4.79 Å². The number of hydrogen-bond acceptors (Lipinski definition) is 3. The third kappa shape index (κ3) is 2.61. The minimum absolute atomic E-state index is 0.0263. The van der Waals surface area contributed by atoms with E-state index in [1.54, 1.807) is 12.5 Å². The third-order valence-electron chi connectivity index (χ3n) is 2.81. The summed E-state index contributed by atoms with van der Waals surface area (Å²) < 4.78 is 1.98. The predicted molar refractivity (Wildman–Crippen MR) is 60.6 cm³/mol. The Hall–Kier alpha value is -1.36. The Kier molecular flexibility index (Phi) is 3.24. The van der Waals surface area contributed by atoms with Gasteiger partial charge in [0.2, 0.25) is 5.91 Å². The number of nitrogens with zero attached hydrogens (tertiary/aromatic N) is 2. The Morgan fingerprint density at radius 3 is 3.12 bits per heavy atom. The highest BCUT2D eigenvalue weighted by atomic mass is 16.2. The molecule has 0 unspecified atom stereocenters. The van der Waals surface area contributed by atoms with Crippen LogP contribution < -0.4 is 11.1 Å². The highest BCUT2D eigenvalue weighted by molar-refractivity contribution is 5.80. The van der Waals surface area contributed by atoms with Crippen molar-refractivity contribution in [3.63, 3.8) is 0 Å². The molecule has 1 aliphatic carbocycles. The van der Waals surface area contributed by atoms with Crippen LogP contribution in [0.5, 0.6) is 0 Å². The lowest BCUT2D eigenvalue weighted by molar-refractivity contribution is -0.122. The van der Waals surface area contributed by atoms with Crippen molar-refractivity contribution in [2.75, 3.05) is 6.54 Å².